The average molecular weight is 285 g/mol. The Balaban J connectivity index is 2.22. The molecule has 4 rings (SSSR count). The van der Waals surface area contributed by atoms with Crippen LogP contribution in [0.2, 0.25) is 0 Å². The van der Waals surface area contributed by atoms with Crippen molar-refractivity contribution in [3.63, 3.8) is 0 Å². The molecule has 3 aromatic carbocycles. The zero-order chi connectivity index (χ0) is 14.9. The summed E-state index contributed by atoms with van der Waals surface area (Å²) in [6, 6.07) is 24.7. The number of hydrogen-bond donors (Lipinski definition) is 0. The number of methoxy groups -OCH3 is 1. The van der Waals surface area contributed by atoms with Crippen LogP contribution in [0.25, 0.3) is 32.9 Å². The first-order chi connectivity index (χ1) is 10.9. The van der Waals surface area contributed by atoms with E-state index >= 15 is 0 Å². The summed E-state index contributed by atoms with van der Waals surface area (Å²) in [4.78, 5) is 4.78. The average Bonchev–Trinajstić information content (AvgIpc) is 2.59. The van der Waals surface area contributed by atoms with Crippen molar-refractivity contribution in [2.24, 2.45) is 0 Å². The minimum Gasteiger partial charge on any atom is -0.496 e. The summed E-state index contributed by atoms with van der Waals surface area (Å²) >= 11 is 0. The van der Waals surface area contributed by atoms with Crippen molar-refractivity contribution in [2.75, 3.05) is 7.11 Å². The minimum atomic E-state index is 0.879. The summed E-state index contributed by atoms with van der Waals surface area (Å²) in [5.41, 5.74) is 4.28. The fraction of sp³-hybridized carbons (Fsp3) is 0.0500. The lowest BCUT2D eigenvalue weighted by atomic mass is 9.95. The molecule has 0 bridgehead atoms. The third kappa shape index (κ3) is 1.92. The highest BCUT2D eigenvalue weighted by Crippen LogP contribution is 2.39. The van der Waals surface area contributed by atoms with Crippen LogP contribution in [-0.4, -0.2) is 12.1 Å². The van der Waals surface area contributed by atoms with Crippen LogP contribution in [0, 0.1) is 0 Å². The molecule has 106 valence electrons. The van der Waals surface area contributed by atoms with E-state index in [9.17, 15) is 0 Å². The number of pyridine rings is 1. The van der Waals surface area contributed by atoms with Crippen molar-refractivity contribution in [1.29, 1.82) is 0 Å². The summed E-state index contributed by atoms with van der Waals surface area (Å²) in [5, 5.41) is 2.29. The highest BCUT2D eigenvalue weighted by atomic mass is 16.5. The molecule has 0 saturated carbocycles. The van der Waals surface area contributed by atoms with Gasteiger partial charge < -0.3 is 4.74 Å². The summed E-state index contributed by atoms with van der Waals surface area (Å²) in [6.45, 7) is 0. The van der Waals surface area contributed by atoms with Crippen molar-refractivity contribution in [3.05, 3.63) is 72.8 Å². The molecule has 0 atom stereocenters. The van der Waals surface area contributed by atoms with Crippen LogP contribution in [0.5, 0.6) is 5.75 Å². The van der Waals surface area contributed by atoms with E-state index in [1.807, 2.05) is 30.3 Å². The fourth-order valence-corrected chi connectivity index (χ4v) is 2.98. The van der Waals surface area contributed by atoms with Crippen LogP contribution in [0.1, 0.15) is 0 Å². The lowest BCUT2D eigenvalue weighted by molar-refractivity contribution is 0.416. The first-order valence-corrected chi connectivity index (χ1v) is 7.29. The Morgan fingerprint density at radius 2 is 1.23 bits per heavy atom. The molecular formula is C20H15NO. The van der Waals surface area contributed by atoms with E-state index in [0.29, 0.717) is 0 Å². The van der Waals surface area contributed by atoms with Gasteiger partial charge in [-0.05, 0) is 18.2 Å². The predicted molar refractivity (Wildman–Crippen MR) is 91.2 cm³/mol. The molecule has 1 aromatic heterocycles. The molecule has 0 unspecified atom stereocenters. The number of nitrogens with zero attached hydrogens (tertiary/aromatic N) is 1. The third-order valence-corrected chi connectivity index (χ3v) is 3.96. The van der Waals surface area contributed by atoms with Gasteiger partial charge >= 0.3 is 0 Å². The molecule has 22 heavy (non-hydrogen) atoms. The number of rotatable bonds is 2. The molecule has 0 amide bonds. The quantitative estimate of drug-likeness (QED) is 0.480. The van der Waals surface area contributed by atoms with Crippen LogP contribution in [0.3, 0.4) is 0 Å². The zero-order valence-electron chi connectivity index (χ0n) is 12.3. The van der Waals surface area contributed by atoms with Gasteiger partial charge in [0.2, 0.25) is 0 Å². The van der Waals surface area contributed by atoms with Crippen molar-refractivity contribution >= 4 is 21.8 Å². The first kappa shape index (κ1) is 12.8. The Labute approximate surface area is 129 Å². The molecule has 0 saturated heterocycles. The standard InChI is InChI=1S/C20H15NO/c1-22-19-13-7-4-10-16(19)20-14-8-2-5-11-17(14)21-18-12-6-3-9-15(18)20/h2-13H,1H3. The zero-order valence-corrected chi connectivity index (χ0v) is 12.3. The Bertz CT molecular complexity index is 921. The summed E-state index contributed by atoms with van der Waals surface area (Å²) in [6.07, 6.45) is 0. The van der Waals surface area contributed by atoms with E-state index < -0.39 is 0 Å². The predicted octanol–water partition coefficient (Wildman–Crippen LogP) is 5.06. The normalized spacial score (nSPS) is 11.0. The van der Waals surface area contributed by atoms with Crippen LogP contribution < -0.4 is 4.74 Å². The van der Waals surface area contributed by atoms with Gasteiger partial charge in [-0.1, -0.05) is 54.6 Å². The number of aromatic nitrogens is 1. The second kappa shape index (κ2) is 5.15. The Morgan fingerprint density at radius 1 is 0.682 bits per heavy atom. The minimum absolute atomic E-state index is 0.879. The number of para-hydroxylation sites is 3. The van der Waals surface area contributed by atoms with Crippen LogP contribution in [-0.2, 0) is 0 Å². The van der Waals surface area contributed by atoms with E-state index in [4.69, 9.17) is 9.72 Å². The highest BCUT2D eigenvalue weighted by molar-refractivity contribution is 6.10. The van der Waals surface area contributed by atoms with Gasteiger partial charge in [0, 0.05) is 21.9 Å². The van der Waals surface area contributed by atoms with Crippen molar-refractivity contribution in [3.8, 4) is 16.9 Å². The van der Waals surface area contributed by atoms with Gasteiger partial charge in [0.25, 0.3) is 0 Å². The molecule has 0 fully saturated rings. The Kier molecular flexibility index (Phi) is 3.01. The van der Waals surface area contributed by atoms with Gasteiger partial charge in [0.05, 0.1) is 18.1 Å². The van der Waals surface area contributed by atoms with Gasteiger partial charge in [-0.15, -0.1) is 0 Å². The van der Waals surface area contributed by atoms with E-state index in [2.05, 4.69) is 42.5 Å². The van der Waals surface area contributed by atoms with Gasteiger partial charge in [-0.3, -0.25) is 0 Å². The molecule has 2 heteroatoms. The lowest BCUT2D eigenvalue weighted by Crippen LogP contribution is -1.92. The van der Waals surface area contributed by atoms with Gasteiger partial charge in [0.15, 0.2) is 0 Å². The topological polar surface area (TPSA) is 22.1 Å². The van der Waals surface area contributed by atoms with Crippen LogP contribution in [0.4, 0.5) is 0 Å². The number of hydrogen-bond acceptors (Lipinski definition) is 2. The molecule has 0 radical (unpaired) electrons. The molecular weight excluding hydrogens is 270 g/mol. The largest absolute Gasteiger partial charge is 0.496 e. The number of ether oxygens (including phenoxy) is 1. The highest BCUT2D eigenvalue weighted by Gasteiger charge is 2.13. The fourth-order valence-electron chi connectivity index (χ4n) is 2.98. The molecule has 1 heterocycles. The lowest BCUT2D eigenvalue weighted by Gasteiger charge is -2.14. The number of fused-ring (bicyclic) bond motifs is 2. The monoisotopic (exact) mass is 285 g/mol. The molecule has 0 aliphatic heterocycles. The summed E-state index contributed by atoms with van der Waals surface area (Å²) < 4.78 is 5.58. The van der Waals surface area contributed by atoms with E-state index in [0.717, 1.165) is 33.1 Å². The molecule has 2 nitrogen and oxygen atoms in total. The third-order valence-electron chi connectivity index (χ3n) is 3.96. The van der Waals surface area contributed by atoms with Crippen LogP contribution in [0.15, 0.2) is 72.8 Å². The van der Waals surface area contributed by atoms with Crippen LogP contribution >= 0.6 is 0 Å². The molecule has 0 N–H and O–H groups in total. The van der Waals surface area contributed by atoms with Gasteiger partial charge in [-0.25, -0.2) is 4.98 Å². The molecule has 0 spiro atoms. The SMILES string of the molecule is COc1ccccc1-c1c2ccccc2nc2ccccc12. The number of benzene rings is 3. The summed E-state index contributed by atoms with van der Waals surface area (Å²) in [7, 11) is 1.71. The van der Waals surface area contributed by atoms with Crippen molar-refractivity contribution in [1.82, 2.24) is 4.98 Å². The van der Waals surface area contributed by atoms with Gasteiger partial charge in [0.1, 0.15) is 5.75 Å². The van der Waals surface area contributed by atoms with Crippen molar-refractivity contribution in [2.45, 2.75) is 0 Å². The smallest absolute Gasteiger partial charge is 0.126 e. The molecule has 4 aromatic rings. The van der Waals surface area contributed by atoms with E-state index in [1.54, 1.807) is 7.11 Å². The molecule has 0 aliphatic rings. The van der Waals surface area contributed by atoms with E-state index in [1.165, 1.54) is 5.56 Å². The second-order valence-corrected chi connectivity index (χ2v) is 5.22. The summed E-state index contributed by atoms with van der Waals surface area (Å²) in [5.74, 6) is 0.879. The van der Waals surface area contributed by atoms with E-state index in [-0.39, 0.29) is 0 Å². The maximum Gasteiger partial charge on any atom is 0.126 e. The molecule has 0 aliphatic carbocycles. The Morgan fingerprint density at radius 3 is 1.86 bits per heavy atom. The maximum absolute atomic E-state index is 5.58. The van der Waals surface area contributed by atoms with Crippen molar-refractivity contribution < 1.29 is 4.74 Å². The Hall–Kier alpha value is -2.87. The first-order valence-electron chi connectivity index (χ1n) is 7.29. The maximum atomic E-state index is 5.58. The van der Waals surface area contributed by atoms with Gasteiger partial charge in [-0.2, -0.15) is 0 Å². The second-order valence-electron chi connectivity index (χ2n) is 5.22.